The van der Waals surface area contributed by atoms with E-state index in [1.165, 1.54) is 12.8 Å². The highest BCUT2D eigenvalue weighted by atomic mass is 35.5. The number of halogens is 1. The summed E-state index contributed by atoms with van der Waals surface area (Å²) in [5, 5.41) is 0.714. The van der Waals surface area contributed by atoms with Gasteiger partial charge in [-0.05, 0) is 30.9 Å². The molecule has 6 heteroatoms. The summed E-state index contributed by atoms with van der Waals surface area (Å²) in [7, 11) is 1.98. The van der Waals surface area contributed by atoms with Crippen molar-refractivity contribution in [3.05, 3.63) is 47.9 Å². The van der Waals surface area contributed by atoms with Crippen LogP contribution in [0.5, 0.6) is 0 Å². The molecule has 0 N–H and O–H groups in total. The number of anilines is 1. The van der Waals surface area contributed by atoms with Gasteiger partial charge in [0.05, 0.1) is 11.3 Å². The molecule has 0 radical (unpaired) electrons. The second-order valence-electron chi connectivity index (χ2n) is 6.99. The van der Waals surface area contributed by atoms with E-state index in [2.05, 4.69) is 21.8 Å². The molecule has 0 unspecified atom stereocenters. The van der Waals surface area contributed by atoms with Crippen LogP contribution in [0.3, 0.4) is 0 Å². The molecule has 1 aliphatic rings. The number of aryl methyl sites for hydroxylation is 1. The molecule has 1 aliphatic heterocycles. The normalized spacial score (nSPS) is 17.5. The zero-order chi connectivity index (χ0) is 18.1. The summed E-state index contributed by atoms with van der Waals surface area (Å²) >= 11 is 6.08. The Labute approximate surface area is 158 Å². The van der Waals surface area contributed by atoms with E-state index in [0.717, 1.165) is 41.7 Å². The molecule has 2 aromatic heterocycles. The van der Waals surface area contributed by atoms with Crippen LogP contribution in [0.25, 0.3) is 22.6 Å². The van der Waals surface area contributed by atoms with Gasteiger partial charge in [0.25, 0.3) is 0 Å². The van der Waals surface area contributed by atoms with E-state index >= 15 is 0 Å². The number of piperidine rings is 1. The van der Waals surface area contributed by atoms with Crippen LogP contribution < -0.4 is 4.90 Å². The maximum Gasteiger partial charge on any atom is 0.225 e. The Morgan fingerprint density at radius 1 is 1.15 bits per heavy atom. The number of imidazole rings is 1. The third kappa shape index (κ3) is 3.31. The molecular weight excluding hydrogens is 346 g/mol. The van der Waals surface area contributed by atoms with Crippen LogP contribution in [-0.4, -0.2) is 32.6 Å². The molecule has 3 aromatic rings. The summed E-state index contributed by atoms with van der Waals surface area (Å²) in [6, 6.07) is 7.78. The first-order valence-electron chi connectivity index (χ1n) is 8.97. The highest BCUT2D eigenvalue weighted by molar-refractivity contribution is 6.30. The predicted molar refractivity (Wildman–Crippen MR) is 105 cm³/mol. The van der Waals surface area contributed by atoms with Gasteiger partial charge in [0, 0.05) is 49.3 Å². The average Bonchev–Trinajstić information content (AvgIpc) is 3.08. The van der Waals surface area contributed by atoms with Gasteiger partial charge in [-0.15, -0.1) is 0 Å². The first-order valence-corrected chi connectivity index (χ1v) is 9.35. The zero-order valence-corrected chi connectivity index (χ0v) is 15.8. The molecule has 134 valence electrons. The Morgan fingerprint density at radius 2 is 1.96 bits per heavy atom. The number of rotatable bonds is 3. The number of aromatic nitrogens is 4. The van der Waals surface area contributed by atoms with Crippen LogP contribution >= 0.6 is 11.6 Å². The monoisotopic (exact) mass is 367 g/mol. The molecule has 0 spiro atoms. The second kappa shape index (κ2) is 7.08. The summed E-state index contributed by atoms with van der Waals surface area (Å²) in [4.78, 5) is 16.4. The minimum absolute atomic E-state index is 0.667. The Hall–Kier alpha value is -2.40. The maximum atomic E-state index is 6.08. The standard InChI is InChI=1S/C20H22ClN5/c1-14-4-3-10-26(13-14)20-23-12-17(19-22-9-11-25(19)2)18(24-20)15-5-7-16(21)8-6-15/h5-9,11-12,14H,3-4,10,13H2,1-2H3/t14-/m0/s1. The summed E-state index contributed by atoms with van der Waals surface area (Å²) in [6.45, 7) is 4.29. The van der Waals surface area contributed by atoms with Gasteiger partial charge in [-0.25, -0.2) is 15.0 Å². The van der Waals surface area contributed by atoms with Gasteiger partial charge in [0.2, 0.25) is 5.95 Å². The van der Waals surface area contributed by atoms with Crippen LogP contribution in [0.1, 0.15) is 19.8 Å². The number of benzene rings is 1. The van der Waals surface area contributed by atoms with Crippen molar-refractivity contribution in [1.82, 2.24) is 19.5 Å². The third-order valence-electron chi connectivity index (χ3n) is 4.90. The summed E-state index contributed by atoms with van der Waals surface area (Å²) in [5.41, 5.74) is 2.83. The van der Waals surface area contributed by atoms with Crippen molar-refractivity contribution in [2.75, 3.05) is 18.0 Å². The SMILES string of the molecule is C[C@H]1CCCN(c2ncc(-c3nccn3C)c(-c3ccc(Cl)cc3)n2)C1. The van der Waals surface area contributed by atoms with Crippen LogP contribution in [0, 0.1) is 5.92 Å². The fraction of sp³-hybridized carbons (Fsp3) is 0.350. The van der Waals surface area contributed by atoms with E-state index in [4.69, 9.17) is 16.6 Å². The van der Waals surface area contributed by atoms with E-state index in [-0.39, 0.29) is 0 Å². The van der Waals surface area contributed by atoms with Gasteiger partial charge in [-0.1, -0.05) is 30.7 Å². The highest BCUT2D eigenvalue weighted by Gasteiger charge is 2.21. The van der Waals surface area contributed by atoms with Crippen molar-refractivity contribution >= 4 is 17.5 Å². The molecule has 1 fully saturated rings. The predicted octanol–water partition coefficient (Wildman–Crippen LogP) is 4.43. The molecule has 4 rings (SSSR count). The molecule has 26 heavy (non-hydrogen) atoms. The summed E-state index contributed by atoms with van der Waals surface area (Å²) in [5.74, 6) is 2.31. The fourth-order valence-corrected chi connectivity index (χ4v) is 3.64. The summed E-state index contributed by atoms with van der Waals surface area (Å²) in [6.07, 6.45) is 8.07. The molecule has 1 saturated heterocycles. The molecule has 0 amide bonds. The Balaban J connectivity index is 1.82. The van der Waals surface area contributed by atoms with E-state index in [1.54, 1.807) is 6.20 Å². The summed E-state index contributed by atoms with van der Waals surface area (Å²) < 4.78 is 1.99. The van der Waals surface area contributed by atoms with E-state index < -0.39 is 0 Å². The van der Waals surface area contributed by atoms with Crippen molar-refractivity contribution in [2.24, 2.45) is 13.0 Å². The van der Waals surface area contributed by atoms with Crippen molar-refractivity contribution < 1.29 is 0 Å². The average molecular weight is 368 g/mol. The van der Waals surface area contributed by atoms with Gasteiger partial charge in [-0.2, -0.15) is 0 Å². The first kappa shape index (κ1) is 17.0. The van der Waals surface area contributed by atoms with E-state index in [0.29, 0.717) is 10.9 Å². The Morgan fingerprint density at radius 3 is 2.65 bits per heavy atom. The minimum Gasteiger partial charge on any atom is -0.341 e. The molecule has 0 aliphatic carbocycles. The first-order chi connectivity index (χ1) is 12.6. The molecule has 0 saturated carbocycles. The fourth-order valence-electron chi connectivity index (χ4n) is 3.51. The highest BCUT2D eigenvalue weighted by Crippen LogP contribution is 2.32. The van der Waals surface area contributed by atoms with Crippen molar-refractivity contribution in [2.45, 2.75) is 19.8 Å². The van der Waals surface area contributed by atoms with Crippen LogP contribution in [0.4, 0.5) is 5.95 Å². The van der Waals surface area contributed by atoms with Gasteiger partial charge in [-0.3, -0.25) is 0 Å². The van der Waals surface area contributed by atoms with Crippen molar-refractivity contribution in [1.29, 1.82) is 0 Å². The lowest BCUT2D eigenvalue weighted by atomic mass is 10.0. The minimum atomic E-state index is 0.667. The van der Waals surface area contributed by atoms with Crippen LogP contribution in [0.2, 0.25) is 5.02 Å². The van der Waals surface area contributed by atoms with Crippen LogP contribution in [-0.2, 0) is 7.05 Å². The topological polar surface area (TPSA) is 46.8 Å². The lowest BCUT2D eigenvalue weighted by Crippen LogP contribution is -2.35. The molecule has 1 aromatic carbocycles. The number of hydrogen-bond acceptors (Lipinski definition) is 4. The lowest BCUT2D eigenvalue weighted by Gasteiger charge is -2.31. The maximum absolute atomic E-state index is 6.08. The van der Waals surface area contributed by atoms with Gasteiger partial charge < -0.3 is 9.47 Å². The Bertz CT molecular complexity index is 903. The van der Waals surface area contributed by atoms with Crippen molar-refractivity contribution in [3.8, 4) is 22.6 Å². The quantitative estimate of drug-likeness (QED) is 0.686. The van der Waals surface area contributed by atoms with E-state index in [1.807, 2.05) is 48.3 Å². The van der Waals surface area contributed by atoms with Gasteiger partial charge in [0.15, 0.2) is 0 Å². The van der Waals surface area contributed by atoms with Gasteiger partial charge >= 0.3 is 0 Å². The smallest absolute Gasteiger partial charge is 0.225 e. The number of nitrogens with zero attached hydrogens (tertiary/aromatic N) is 5. The largest absolute Gasteiger partial charge is 0.341 e. The van der Waals surface area contributed by atoms with Crippen LogP contribution in [0.15, 0.2) is 42.9 Å². The zero-order valence-electron chi connectivity index (χ0n) is 15.1. The van der Waals surface area contributed by atoms with Crippen molar-refractivity contribution in [3.63, 3.8) is 0 Å². The molecule has 0 bridgehead atoms. The lowest BCUT2D eigenvalue weighted by molar-refractivity contribution is 0.442. The van der Waals surface area contributed by atoms with Gasteiger partial charge in [0.1, 0.15) is 5.82 Å². The Kier molecular flexibility index (Phi) is 4.64. The molecule has 3 heterocycles. The van der Waals surface area contributed by atoms with E-state index in [9.17, 15) is 0 Å². The third-order valence-corrected chi connectivity index (χ3v) is 5.15. The molecular formula is C20H22ClN5. The molecule has 1 atom stereocenters. The number of hydrogen-bond donors (Lipinski definition) is 0. The second-order valence-corrected chi connectivity index (χ2v) is 7.43. The molecule has 5 nitrogen and oxygen atoms in total.